The van der Waals surface area contributed by atoms with E-state index in [-0.39, 0.29) is 12.1 Å². The topological polar surface area (TPSA) is 61.0 Å². The van der Waals surface area contributed by atoms with Crippen LogP contribution in [0.5, 0.6) is 0 Å². The molecule has 0 radical (unpaired) electrons. The summed E-state index contributed by atoms with van der Waals surface area (Å²) >= 11 is 1.74. The van der Waals surface area contributed by atoms with Crippen LogP contribution in [0.3, 0.4) is 0 Å². The number of nitrogens with zero attached hydrogens (tertiary/aromatic N) is 2. The molecule has 0 aliphatic carbocycles. The molecule has 1 saturated heterocycles. The maximum atomic E-state index is 12.6. The Morgan fingerprint density at radius 2 is 2.39 bits per heavy atom. The van der Waals surface area contributed by atoms with Crippen LogP contribution in [0.1, 0.15) is 53.6 Å². The number of thiophene rings is 1. The van der Waals surface area contributed by atoms with Crippen molar-refractivity contribution in [2.75, 3.05) is 13.1 Å². The van der Waals surface area contributed by atoms with Crippen molar-refractivity contribution in [3.8, 4) is 0 Å². The summed E-state index contributed by atoms with van der Waals surface area (Å²) in [6, 6.07) is 4.36. The second-order valence-corrected chi connectivity index (χ2v) is 7.28. The van der Waals surface area contributed by atoms with Gasteiger partial charge in [0.1, 0.15) is 0 Å². The van der Waals surface area contributed by atoms with E-state index in [0.717, 1.165) is 30.8 Å². The van der Waals surface area contributed by atoms with E-state index in [2.05, 4.69) is 40.0 Å². The van der Waals surface area contributed by atoms with Crippen LogP contribution in [0.2, 0.25) is 0 Å². The van der Waals surface area contributed by atoms with Gasteiger partial charge >= 0.3 is 6.03 Å². The Morgan fingerprint density at radius 1 is 1.57 bits per heavy atom. The molecule has 2 aromatic rings. The van der Waals surface area contributed by atoms with Crippen molar-refractivity contribution in [1.29, 1.82) is 0 Å². The summed E-state index contributed by atoms with van der Waals surface area (Å²) in [5.41, 5.74) is 3.25. The second-order valence-electron chi connectivity index (χ2n) is 6.30. The Morgan fingerprint density at radius 3 is 3.04 bits per heavy atom. The van der Waals surface area contributed by atoms with Crippen molar-refractivity contribution in [3.05, 3.63) is 39.3 Å². The summed E-state index contributed by atoms with van der Waals surface area (Å²) in [6.07, 6.45) is 2.05. The molecule has 1 fully saturated rings. The number of aryl methyl sites for hydroxylation is 2. The zero-order valence-electron chi connectivity index (χ0n) is 13.9. The Labute approximate surface area is 141 Å². The quantitative estimate of drug-likeness (QED) is 0.896. The molecule has 0 bridgehead atoms. The zero-order valence-corrected chi connectivity index (χ0v) is 14.7. The molecule has 3 rings (SSSR count). The van der Waals surface area contributed by atoms with Gasteiger partial charge in [-0.15, -0.1) is 11.3 Å². The molecule has 124 valence electrons. The Hall–Kier alpha value is -1.82. The largest absolute Gasteiger partial charge is 0.337 e. The molecule has 1 aliphatic rings. The van der Waals surface area contributed by atoms with Crippen LogP contribution < -0.4 is 5.32 Å². The lowest BCUT2D eigenvalue weighted by molar-refractivity contribution is 0.192. The smallest absolute Gasteiger partial charge is 0.317 e. The number of hydrogen-bond acceptors (Lipinski definition) is 3. The SMILES string of the molecule is Cc1n[nH]c(C)c1[C@H]1CCCN1C(=O)NC[C@H](C)c1cccs1. The van der Waals surface area contributed by atoms with Crippen LogP contribution in [0.15, 0.2) is 17.5 Å². The number of aromatic nitrogens is 2. The van der Waals surface area contributed by atoms with Crippen molar-refractivity contribution in [1.82, 2.24) is 20.4 Å². The van der Waals surface area contributed by atoms with Crippen LogP contribution in [0.25, 0.3) is 0 Å². The van der Waals surface area contributed by atoms with Gasteiger partial charge in [-0.05, 0) is 38.1 Å². The van der Waals surface area contributed by atoms with Crippen molar-refractivity contribution < 1.29 is 4.79 Å². The summed E-state index contributed by atoms with van der Waals surface area (Å²) in [5, 5.41) is 12.5. The fourth-order valence-electron chi connectivity index (χ4n) is 3.37. The first-order valence-electron chi connectivity index (χ1n) is 8.17. The highest BCUT2D eigenvalue weighted by Gasteiger charge is 2.33. The number of hydrogen-bond donors (Lipinski definition) is 2. The van der Waals surface area contributed by atoms with Crippen LogP contribution in [0.4, 0.5) is 4.79 Å². The van der Waals surface area contributed by atoms with Gasteiger partial charge in [0.15, 0.2) is 0 Å². The predicted molar refractivity (Wildman–Crippen MR) is 92.9 cm³/mol. The maximum absolute atomic E-state index is 12.6. The molecule has 2 amide bonds. The standard InChI is InChI=1S/C17H24N4OS/c1-11(15-7-5-9-23-15)10-18-17(22)21-8-4-6-14(21)16-12(2)19-20-13(16)3/h5,7,9,11,14H,4,6,8,10H2,1-3H3,(H,18,22)(H,19,20)/t11-,14+/m0/s1. The van der Waals surface area contributed by atoms with E-state index < -0.39 is 0 Å². The third kappa shape index (κ3) is 3.27. The van der Waals surface area contributed by atoms with Crippen molar-refractivity contribution in [2.45, 2.75) is 45.6 Å². The number of amides is 2. The summed E-state index contributed by atoms with van der Waals surface area (Å²) in [5.74, 6) is 0.345. The van der Waals surface area contributed by atoms with Crippen LogP contribution >= 0.6 is 11.3 Å². The normalized spacial score (nSPS) is 19.1. The number of aromatic amines is 1. The van der Waals surface area contributed by atoms with Gasteiger partial charge in [0.2, 0.25) is 0 Å². The lowest BCUT2D eigenvalue weighted by Crippen LogP contribution is -2.41. The number of nitrogens with one attached hydrogen (secondary N) is 2. The van der Waals surface area contributed by atoms with Gasteiger partial charge in [0, 0.05) is 35.1 Å². The minimum absolute atomic E-state index is 0.0379. The molecule has 1 aliphatic heterocycles. The summed E-state index contributed by atoms with van der Waals surface area (Å²) in [4.78, 5) is 15.9. The van der Waals surface area contributed by atoms with E-state index in [1.807, 2.05) is 18.7 Å². The third-order valence-electron chi connectivity index (χ3n) is 4.62. The fourth-order valence-corrected chi connectivity index (χ4v) is 4.16. The molecule has 2 atom stereocenters. The first-order chi connectivity index (χ1) is 11.1. The highest BCUT2D eigenvalue weighted by atomic mass is 32.1. The molecule has 23 heavy (non-hydrogen) atoms. The summed E-state index contributed by atoms with van der Waals surface area (Å²) < 4.78 is 0. The highest BCUT2D eigenvalue weighted by molar-refractivity contribution is 7.10. The van der Waals surface area contributed by atoms with Gasteiger partial charge < -0.3 is 10.2 Å². The molecule has 2 N–H and O–H groups in total. The summed E-state index contributed by atoms with van der Waals surface area (Å²) in [6.45, 7) is 7.67. The fraction of sp³-hybridized carbons (Fsp3) is 0.529. The molecule has 3 heterocycles. The number of likely N-dealkylation sites (tertiary alicyclic amines) is 1. The van der Waals surface area contributed by atoms with E-state index in [9.17, 15) is 4.79 Å². The predicted octanol–water partition coefficient (Wildman–Crippen LogP) is 3.74. The monoisotopic (exact) mass is 332 g/mol. The second kappa shape index (κ2) is 6.74. The maximum Gasteiger partial charge on any atom is 0.317 e. The van der Waals surface area contributed by atoms with Gasteiger partial charge in [0.05, 0.1) is 11.7 Å². The molecule has 5 nitrogen and oxygen atoms in total. The third-order valence-corrected chi connectivity index (χ3v) is 5.72. The van der Waals surface area contributed by atoms with Crippen molar-refractivity contribution in [3.63, 3.8) is 0 Å². The number of carbonyl (C=O) groups excluding carboxylic acids is 1. The molecule has 0 aromatic carbocycles. The van der Waals surface area contributed by atoms with E-state index in [0.29, 0.717) is 12.5 Å². The van der Waals surface area contributed by atoms with Crippen molar-refractivity contribution in [2.24, 2.45) is 0 Å². The molecule has 0 spiro atoms. The van der Waals surface area contributed by atoms with Crippen LogP contribution in [0, 0.1) is 13.8 Å². The molecule has 2 aromatic heterocycles. The zero-order chi connectivity index (χ0) is 16.4. The van der Waals surface area contributed by atoms with E-state index in [1.165, 1.54) is 10.4 Å². The highest BCUT2D eigenvalue weighted by Crippen LogP contribution is 2.34. The molecule has 0 saturated carbocycles. The minimum Gasteiger partial charge on any atom is -0.337 e. The lowest BCUT2D eigenvalue weighted by Gasteiger charge is -2.26. The van der Waals surface area contributed by atoms with Crippen molar-refractivity contribution >= 4 is 17.4 Å². The Kier molecular flexibility index (Phi) is 4.71. The summed E-state index contributed by atoms with van der Waals surface area (Å²) in [7, 11) is 0. The van der Waals surface area contributed by atoms with Crippen LogP contribution in [-0.4, -0.2) is 34.2 Å². The van der Waals surface area contributed by atoms with Gasteiger partial charge in [-0.2, -0.15) is 5.10 Å². The minimum atomic E-state index is 0.0379. The average molecular weight is 332 g/mol. The number of H-pyrrole nitrogens is 1. The van der Waals surface area contributed by atoms with Crippen LogP contribution in [-0.2, 0) is 0 Å². The van der Waals surface area contributed by atoms with Gasteiger partial charge in [0.25, 0.3) is 0 Å². The van der Waals surface area contributed by atoms with E-state index >= 15 is 0 Å². The van der Waals surface area contributed by atoms with E-state index in [1.54, 1.807) is 11.3 Å². The van der Waals surface area contributed by atoms with Gasteiger partial charge in [-0.3, -0.25) is 5.10 Å². The number of carbonyl (C=O) groups is 1. The lowest BCUT2D eigenvalue weighted by atomic mass is 10.0. The average Bonchev–Trinajstić information content (AvgIpc) is 3.25. The molecule has 0 unspecified atom stereocenters. The van der Waals surface area contributed by atoms with E-state index in [4.69, 9.17) is 0 Å². The Bertz CT molecular complexity index is 645. The van der Waals surface area contributed by atoms with Gasteiger partial charge in [-0.1, -0.05) is 13.0 Å². The first-order valence-corrected chi connectivity index (χ1v) is 9.05. The Balaban J connectivity index is 1.64. The molecular weight excluding hydrogens is 308 g/mol. The molecule has 6 heteroatoms. The number of urea groups is 1. The molecular formula is C17H24N4OS. The first kappa shape index (κ1) is 16.1. The van der Waals surface area contributed by atoms with Gasteiger partial charge in [-0.25, -0.2) is 4.79 Å². The number of rotatable bonds is 4.